The van der Waals surface area contributed by atoms with Gasteiger partial charge in [-0.3, -0.25) is 14.9 Å². The molecule has 0 saturated carbocycles. The fraction of sp³-hybridized carbons (Fsp3) is 0.111. The van der Waals surface area contributed by atoms with Crippen molar-refractivity contribution >= 4 is 47.0 Å². The molecule has 0 radical (unpaired) electrons. The molecule has 1 aromatic heterocycles. The zero-order chi connectivity index (χ0) is 27.6. The Balaban J connectivity index is 1.51. The first-order valence-corrected chi connectivity index (χ1v) is 12.1. The molecule has 11 nitrogen and oxygen atoms in total. The van der Waals surface area contributed by atoms with E-state index in [0.29, 0.717) is 27.6 Å². The lowest BCUT2D eigenvalue weighted by atomic mass is 10.0. The molecule has 0 unspecified atom stereocenters. The van der Waals surface area contributed by atoms with E-state index in [9.17, 15) is 14.4 Å². The van der Waals surface area contributed by atoms with Crippen molar-refractivity contribution in [1.82, 2.24) is 25.5 Å². The van der Waals surface area contributed by atoms with Gasteiger partial charge >= 0.3 is 6.09 Å². The largest absolute Gasteiger partial charge is 0.453 e. The Morgan fingerprint density at radius 3 is 2.49 bits per heavy atom. The summed E-state index contributed by atoms with van der Waals surface area (Å²) < 4.78 is 6.05. The first kappa shape index (κ1) is 27.0. The Morgan fingerprint density at radius 2 is 1.77 bits per heavy atom. The number of hydrogen-bond donors (Lipinski definition) is 3. The predicted molar refractivity (Wildman–Crippen MR) is 146 cm³/mol. The molecule has 3 amide bonds. The molecule has 3 N–H and O–H groups in total. The molecule has 39 heavy (non-hydrogen) atoms. The molecule has 4 rings (SSSR count). The van der Waals surface area contributed by atoms with Crippen LogP contribution in [0.3, 0.4) is 0 Å². The molecule has 198 valence electrons. The Kier molecular flexibility index (Phi) is 8.99. The zero-order valence-corrected chi connectivity index (χ0v) is 21.5. The number of carbonyl (C=O) groups excluding carboxylic acids is 3. The quantitative estimate of drug-likeness (QED) is 0.271. The highest BCUT2D eigenvalue weighted by molar-refractivity contribution is 6.30. The molecule has 12 heteroatoms. The first-order valence-electron chi connectivity index (χ1n) is 11.7. The summed E-state index contributed by atoms with van der Waals surface area (Å²) in [6.45, 7) is 0. The lowest BCUT2D eigenvalue weighted by Crippen LogP contribution is -2.44. The topological polar surface area (TPSA) is 140 Å². The molecule has 1 heterocycles. The fourth-order valence-corrected chi connectivity index (χ4v) is 3.84. The maximum atomic E-state index is 13.3. The molecular weight excluding hydrogens is 522 g/mol. The Morgan fingerprint density at radius 1 is 1.00 bits per heavy atom. The van der Waals surface area contributed by atoms with Crippen LogP contribution in [0.5, 0.6) is 0 Å². The van der Waals surface area contributed by atoms with Gasteiger partial charge in [-0.15, -0.1) is 5.10 Å². The number of anilines is 2. The zero-order valence-electron chi connectivity index (χ0n) is 20.7. The van der Waals surface area contributed by atoms with Gasteiger partial charge in [-0.25, -0.2) is 4.79 Å². The van der Waals surface area contributed by atoms with Gasteiger partial charge in [0.25, 0.3) is 0 Å². The monoisotopic (exact) mass is 545 g/mol. The van der Waals surface area contributed by atoms with Crippen LogP contribution in [0, 0.1) is 0 Å². The van der Waals surface area contributed by atoms with Gasteiger partial charge < -0.3 is 15.4 Å². The lowest BCUT2D eigenvalue weighted by molar-refractivity contribution is -0.123. The highest BCUT2D eigenvalue weighted by Crippen LogP contribution is 2.20. The third-order valence-corrected chi connectivity index (χ3v) is 5.71. The van der Waals surface area contributed by atoms with E-state index < -0.39 is 23.9 Å². The molecule has 1 atom stereocenters. The van der Waals surface area contributed by atoms with Crippen LogP contribution in [0.1, 0.15) is 11.1 Å². The first-order chi connectivity index (χ1) is 18.9. The Labute approximate surface area is 228 Å². The molecule has 3 aromatic carbocycles. The van der Waals surface area contributed by atoms with Gasteiger partial charge in [-0.1, -0.05) is 48.0 Å². The number of aromatic nitrogens is 4. The van der Waals surface area contributed by atoms with Crippen LogP contribution in [0.15, 0.2) is 85.2 Å². The van der Waals surface area contributed by atoms with Crippen molar-refractivity contribution in [3.63, 3.8) is 0 Å². The minimum atomic E-state index is -0.903. The Bertz CT molecular complexity index is 1480. The number of halogens is 1. The predicted octanol–water partition coefficient (Wildman–Crippen LogP) is 3.87. The summed E-state index contributed by atoms with van der Waals surface area (Å²) in [5.41, 5.74) is 2.95. The number of tetrazole rings is 1. The van der Waals surface area contributed by atoms with Crippen molar-refractivity contribution in [2.24, 2.45) is 0 Å². The molecule has 4 aromatic rings. The van der Waals surface area contributed by atoms with Gasteiger partial charge in [0.1, 0.15) is 12.4 Å². The number of nitrogens with one attached hydrogen (secondary N) is 3. The van der Waals surface area contributed by atoms with Crippen LogP contribution < -0.4 is 16.0 Å². The van der Waals surface area contributed by atoms with E-state index >= 15 is 0 Å². The maximum absolute atomic E-state index is 13.3. The van der Waals surface area contributed by atoms with Crippen LogP contribution in [0.2, 0.25) is 5.02 Å². The average molecular weight is 546 g/mol. The number of benzene rings is 3. The smallest absolute Gasteiger partial charge is 0.411 e. The lowest BCUT2D eigenvalue weighted by Gasteiger charge is -2.18. The minimum Gasteiger partial charge on any atom is -0.453 e. The minimum absolute atomic E-state index is 0.249. The second-order valence-corrected chi connectivity index (χ2v) is 8.66. The van der Waals surface area contributed by atoms with Gasteiger partial charge in [0.15, 0.2) is 0 Å². The maximum Gasteiger partial charge on any atom is 0.411 e. The van der Waals surface area contributed by atoms with Crippen LogP contribution in [-0.4, -0.2) is 51.3 Å². The van der Waals surface area contributed by atoms with Gasteiger partial charge in [0, 0.05) is 34.5 Å². The van der Waals surface area contributed by atoms with E-state index in [4.69, 9.17) is 11.6 Å². The highest BCUT2D eigenvalue weighted by atomic mass is 35.5. The molecular formula is C27H24ClN7O4. The summed E-state index contributed by atoms with van der Waals surface area (Å²) in [7, 11) is 1.26. The fourth-order valence-electron chi connectivity index (χ4n) is 3.66. The van der Waals surface area contributed by atoms with Crippen molar-refractivity contribution in [3.05, 3.63) is 101 Å². The van der Waals surface area contributed by atoms with E-state index in [0.717, 1.165) is 5.56 Å². The molecule has 0 aliphatic carbocycles. The molecule has 0 spiro atoms. The van der Waals surface area contributed by atoms with Crippen LogP contribution >= 0.6 is 11.6 Å². The standard InChI is InChI=1S/C27H24ClN7O4/c1-39-27(38)31-22-9-5-8-21(16-22)30-26(37)23(14-18-6-3-2-4-7-18)32-25(36)13-10-19-15-20(28)11-12-24(19)35-17-29-33-34-35/h2-13,15-17,23H,14H2,1H3,(H,30,37)(H,31,38)(H,32,36)/b13-10+/t23-/m0/s1. The van der Waals surface area contributed by atoms with E-state index in [1.807, 2.05) is 30.3 Å². The summed E-state index contributed by atoms with van der Waals surface area (Å²) in [5, 5.41) is 19.7. The van der Waals surface area contributed by atoms with Crippen molar-refractivity contribution in [2.75, 3.05) is 17.7 Å². The average Bonchev–Trinajstić information content (AvgIpc) is 3.47. The second kappa shape index (κ2) is 13.0. The number of carbonyl (C=O) groups is 3. The molecule has 0 aliphatic rings. The SMILES string of the molecule is COC(=O)Nc1cccc(NC(=O)[C@H](Cc2ccccc2)NC(=O)/C=C/c2cc(Cl)ccc2-n2cnnn2)c1. The van der Waals surface area contributed by atoms with E-state index in [2.05, 4.69) is 36.2 Å². The van der Waals surface area contributed by atoms with Crippen molar-refractivity contribution in [3.8, 4) is 5.69 Å². The van der Waals surface area contributed by atoms with Crippen LogP contribution in [0.25, 0.3) is 11.8 Å². The molecule has 0 aliphatic heterocycles. The summed E-state index contributed by atoms with van der Waals surface area (Å²) in [4.78, 5) is 37.7. The highest BCUT2D eigenvalue weighted by Gasteiger charge is 2.21. The third kappa shape index (κ3) is 7.73. The van der Waals surface area contributed by atoms with E-state index in [1.165, 1.54) is 24.2 Å². The van der Waals surface area contributed by atoms with Gasteiger partial charge in [-0.2, -0.15) is 4.68 Å². The number of hydrogen-bond acceptors (Lipinski definition) is 7. The van der Waals surface area contributed by atoms with Crippen molar-refractivity contribution < 1.29 is 19.1 Å². The normalized spacial score (nSPS) is 11.5. The number of nitrogens with zero attached hydrogens (tertiary/aromatic N) is 4. The van der Waals surface area contributed by atoms with Crippen molar-refractivity contribution in [2.45, 2.75) is 12.5 Å². The summed E-state index contributed by atoms with van der Waals surface area (Å²) in [6, 6.07) is 20.1. The van der Waals surface area contributed by atoms with Crippen LogP contribution in [-0.2, 0) is 20.7 Å². The van der Waals surface area contributed by atoms with Gasteiger partial charge in [-0.05, 0) is 58.5 Å². The molecule has 0 bridgehead atoms. The van der Waals surface area contributed by atoms with Gasteiger partial charge in [0.2, 0.25) is 11.8 Å². The number of amides is 3. The molecule has 0 saturated heterocycles. The summed E-state index contributed by atoms with van der Waals surface area (Å²) >= 11 is 6.16. The number of ether oxygens (including phenoxy) is 1. The van der Waals surface area contributed by atoms with Crippen LogP contribution in [0.4, 0.5) is 16.2 Å². The number of methoxy groups -OCH3 is 1. The van der Waals surface area contributed by atoms with Gasteiger partial charge in [0.05, 0.1) is 12.8 Å². The summed E-state index contributed by atoms with van der Waals surface area (Å²) in [5.74, 6) is -0.928. The molecule has 0 fully saturated rings. The number of rotatable bonds is 9. The van der Waals surface area contributed by atoms with E-state index in [-0.39, 0.29) is 6.42 Å². The third-order valence-electron chi connectivity index (χ3n) is 5.48. The summed E-state index contributed by atoms with van der Waals surface area (Å²) in [6.07, 6.45) is 3.92. The van der Waals surface area contributed by atoms with E-state index in [1.54, 1.807) is 48.5 Å². The van der Waals surface area contributed by atoms with Crippen molar-refractivity contribution in [1.29, 1.82) is 0 Å². The second-order valence-electron chi connectivity index (χ2n) is 8.23. The Hall–Kier alpha value is -5.03.